The zero-order valence-electron chi connectivity index (χ0n) is 24.0. The quantitative estimate of drug-likeness (QED) is 0.298. The SMILES string of the molecule is C=Cc1n[nH]c2c1C(c1ccc(NC(Nc3ccc(CN4CCN(C)CC4)c(C(F)(F)F)c3)=C3CC3)cc1)=CN(C)C2. The number of allylic oxidation sites excluding steroid dienone is 1. The summed E-state index contributed by atoms with van der Waals surface area (Å²) in [5, 5.41) is 14.2. The van der Waals surface area contributed by atoms with Crippen molar-refractivity contribution >= 4 is 23.0 Å². The van der Waals surface area contributed by atoms with E-state index in [0.29, 0.717) is 17.8 Å². The maximum atomic E-state index is 14.1. The molecule has 1 saturated carbocycles. The van der Waals surface area contributed by atoms with E-state index in [2.05, 4.69) is 48.3 Å². The van der Waals surface area contributed by atoms with Gasteiger partial charge in [-0.2, -0.15) is 18.3 Å². The summed E-state index contributed by atoms with van der Waals surface area (Å²) in [6.45, 7) is 8.19. The van der Waals surface area contributed by atoms with Crippen LogP contribution in [0.15, 0.2) is 66.6 Å². The molecule has 1 saturated heterocycles. The first kappa shape index (κ1) is 28.1. The minimum absolute atomic E-state index is 0.294. The highest BCUT2D eigenvalue weighted by Gasteiger charge is 2.34. The zero-order chi connectivity index (χ0) is 29.4. The van der Waals surface area contributed by atoms with Crippen molar-refractivity contribution in [1.29, 1.82) is 0 Å². The number of anilines is 2. The summed E-state index contributed by atoms with van der Waals surface area (Å²) in [7, 11) is 4.06. The van der Waals surface area contributed by atoms with Crippen molar-refractivity contribution in [3.05, 3.63) is 100 Å². The minimum Gasteiger partial charge on any atom is -0.374 e. The van der Waals surface area contributed by atoms with E-state index in [0.717, 1.165) is 90.7 Å². The zero-order valence-corrected chi connectivity index (χ0v) is 24.0. The topological polar surface area (TPSA) is 62.5 Å². The maximum Gasteiger partial charge on any atom is 0.416 e. The second kappa shape index (κ2) is 11.3. The van der Waals surface area contributed by atoms with E-state index in [-0.39, 0.29) is 0 Å². The number of hydrogen-bond acceptors (Lipinski definition) is 6. The van der Waals surface area contributed by atoms with Crippen LogP contribution in [0, 0.1) is 0 Å². The number of hydrogen-bond donors (Lipinski definition) is 3. The van der Waals surface area contributed by atoms with E-state index < -0.39 is 11.7 Å². The molecule has 3 aromatic rings. The molecule has 3 heterocycles. The number of piperazine rings is 1. The molecule has 3 aliphatic rings. The van der Waals surface area contributed by atoms with Crippen LogP contribution in [0.3, 0.4) is 0 Å². The largest absolute Gasteiger partial charge is 0.416 e. The molecule has 0 amide bonds. The number of alkyl halides is 3. The van der Waals surface area contributed by atoms with Crippen molar-refractivity contribution in [2.24, 2.45) is 0 Å². The van der Waals surface area contributed by atoms with Crippen LogP contribution in [-0.4, -0.2) is 65.2 Å². The molecule has 42 heavy (non-hydrogen) atoms. The van der Waals surface area contributed by atoms with Gasteiger partial charge in [0.2, 0.25) is 0 Å². The van der Waals surface area contributed by atoms with E-state index in [1.54, 1.807) is 18.2 Å². The number of nitrogens with one attached hydrogen (secondary N) is 3. The van der Waals surface area contributed by atoms with E-state index >= 15 is 0 Å². The van der Waals surface area contributed by atoms with E-state index in [1.807, 2.05) is 38.4 Å². The third-order valence-corrected chi connectivity index (χ3v) is 8.08. The van der Waals surface area contributed by atoms with Crippen LogP contribution in [0.2, 0.25) is 0 Å². The van der Waals surface area contributed by atoms with Gasteiger partial charge in [0.1, 0.15) is 5.82 Å². The number of benzene rings is 2. The molecule has 0 spiro atoms. The van der Waals surface area contributed by atoms with Gasteiger partial charge in [-0.05, 0) is 66.9 Å². The Kier molecular flexibility index (Phi) is 7.59. The lowest BCUT2D eigenvalue weighted by Crippen LogP contribution is -2.44. The molecule has 0 radical (unpaired) electrons. The van der Waals surface area contributed by atoms with Gasteiger partial charge < -0.3 is 20.4 Å². The third-order valence-electron chi connectivity index (χ3n) is 8.08. The van der Waals surface area contributed by atoms with Crippen LogP contribution in [-0.2, 0) is 19.3 Å². The predicted molar refractivity (Wildman–Crippen MR) is 161 cm³/mol. The summed E-state index contributed by atoms with van der Waals surface area (Å²) in [4.78, 5) is 6.40. The standard InChI is InChI=1S/C32H36F3N7/c1-4-28-30-26(19-41(3)20-29(30)39-38-28)21-7-10-24(11-8-21)36-31(22-5-6-22)37-25-12-9-23(27(17-25)32(33,34)35)18-42-15-13-40(2)14-16-42/h4,7-12,17,19,36-37H,1,5-6,13-16,18,20H2,2-3H3,(H,38,39). The van der Waals surface area contributed by atoms with Crippen LogP contribution in [0.1, 0.15) is 46.5 Å². The van der Waals surface area contributed by atoms with Crippen molar-refractivity contribution in [3.63, 3.8) is 0 Å². The Morgan fingerprint density at radius 1 is 1.00 bits per heavy atom. The van der Waals surface area contributed by atoms with E-state index in [9.17, 15) is 13.2 Å². The van der Waals surface area contributed by atoms with Gasteiger partial charge in [0.05, 0.1) is 23.5 Å². The van der Waals surface area contributed by atoms with Crippen LogP contribution in [0.5, 0.6) is 0 Å². The number of halogens is 3. The van der Waals surface area contributed by atoms with Crippen molar-refractivity contribution in [3.8, 4) is 0 Å². The van der Waals surface area contributed by atoms with Gasteiger partial charge in [0, 0.05) is 68.5 Å². The van der Waals surface area contributed by atoms with Gasteiger partial charge in [-0.3, -0.25) is 10.00 Å². The second-order valence-electron chi connectivity index (χ2n) is 11.4. The number of rotatable bonds is 8. The van der Waals surface area contributed by atoms with Gasteiger partial charge in [0.15, 0.2) is 0 Å². The summed E-state index contributed by atoms with van der Waals surface area (Å²) in [5.74, 6) is 0.741. The summed E-state index contributed by atoms with van der Waals surface area (Å²) < 4.78 is 42.4. The molecule has 10 heteroatoms. The van der Waals surface area contributed by atoms with Crippen LogP contribution in [0.4, 0.5) is 24.5 Å². The Morgan fingerprint density at radius 3 is 2.36 bits per heavy atom. The van der Waals surface area contributed by atoms with Crippen LogP contribution >= 0.6 is 0 Å². The predicted octanol–water partition coefficient (Wildman–Crippen LogP) is 6.18. The molecule has 0 bridgehead atoms. The van der Waals surface area contributed by atoms with Crippen molar-refractivity contribution < 1.29 is 13.2 Å². The van der Waals surface area contributed by atoms with Gasteiger partial charge in [-0.25, -0.2) is 0 Å². The Labute approximate surface area is 244 Å². The molecule has 0 unspecified atom stereocenters. The second-order valence-corrected chi connectivity index (χ2v) is 11.4. The third kappa shape index (κ3) is 6.10. The maximum absolute atomic E-state index is 14.1. The normalized spacial score (nSPS) is 17.5. The molecular weight excluding hydrogens is 539 g/mol. The number of H-pyrrole nitrogens is 1. The monoisotopic (exact) mass is 575 g/mol. The minimum atomic E-state index is -4.43. The molecule has 2 aromatic carbocycles. The first-order valence-corrected chi connectivity index (χ1v) is 14.3. The average molecular weight is 576 g/mol. The first-order chi connectivity index (χ1) is 20.2. The first-order valence-electron chi connectivity index (χ1n) is 14.3. The highest BCUT2D eigenvalue weighted by molar-refractivity contribution is 5.85. The number of aromatic amines is 1. The van der Waals surface area contributed by atoms with Crippen LogP contribution in [0.25, 0.3) is 11.6 Å². The molecule has 1 aromatic heterocycles. The van der Waals surface area contributed by atoms with E-state index in [1.165, 1.54) is 6.07 Å². The lowest BCUT2D eigenvalue weighted by atomic mass is 9.94. The van der Waals surface area contributed by atoms with Crippen LogP contribution < -0.4 is 10.6 Å². The van der Waals surface area contributed by atoms with E-state index in [4.69, 9.17) is 0 Å². The fraction of sp³-hybridized carbons (Fsp3) is 0.344. The Morgan fingerprint density at radius 2 is 1.69 bits per heavy atom. The Bertz CT molecular complexity index is 1520. The molecule has 7 nitrogen and oxygen atoms in total. The summed E-state index contributed by atoms with van der Waals surface area (Å²) in [5.41, 5.74) is 7.18. The smallest absolute Gasteiger partial charge is 0.374 e. The molecular formula is C32H36F3N7. The van der Waals surface area contributed by atoms with Gasteiger partial charge in [-0.1, -0.05) is 24.8 Å². The van der Waals surface area contributed by atoms with Crippen molar-refractivity contribution in [1.82, 2.24) is 24.9 Å². The number of fused-ring (bicyclic) bond motifs is 1. The van der Waals surface area contributed by atoms with Gasteiger partial charge in [-0.15, -0.1) is 0 Å². The molecule has 1 aliphatic carbocycles. The highest BCUT2D eigenvalue weighted by atomic mass is 19.4. The summed E-state index contributed by atoms with van der Waals surface area (Å²) >= 11 is 0. The molecule has 6 rings (SSSR count). The molecule has 2 fully saturated rings. The molecule has 3 N–H and O–H groups in total. The lowest BCUT2D eigenvalue weighted by molar-refractivity contribution is -0.138. The Balaban J connectivity index is 1.19. The van der Waals surface area contributed by atoms with Crippen molar-refractivity contribution in [2.75, 3.05) is 50.9 Å². The molecule has 220 valence electrons. The highest BCUT2D eigenvalue weighted by Crippen LogP contribution is 2.38. The van der Waals surface area contributed by atoms with Crippen molar-refractivity contribution in [2.45, 2.75) is 32.1 Å². The number of aromatic nitrogens is 2. The molecule has 0 atom stereocenters. The summed E-state index contributed by atoms with van der Waals surface area (Å²) in [6, 6.07) is 12.7. The lowest BCUT2D eigenvalue weighted by Gasteiger charge is -2.33. The Hall–Kier alpha value is -4.02. The van der Waals surface area contributed by atoms with Gasteiger partial charge >= 0.3 is 6.18 Å². The average Bonchev–Trinajstić information content (AvgIpc) is 3.73. The fourth-order valence-corrected chi connectivity index (χ4v) is 5.60. The molecule has 2 aliphatic heterocycles. The summed E-state index contributed by atoms with van der Waals surface area (Å²) in [6.07, 6.45) is 1.26. The number of nitrogens with zero attached hydrogens (tertiary/aromatic N) is 4. The van der Waals surface area contributed by atoms with Gasteiger partial charge in [0.25, 0.3) is 0 Å². The number of likely N-dealkylation sites (N-methyl/N-ethyl adjacent to an activating group) is 1. The fourth-order valence-electron chi connectivity index (χ4n) is 5.60.